The zero-order valence-electron chi connectivity index (χ0n) is 12.0. The topological polar surface area (TPSA) is 64.5 Å². The summed E-state index contributed by atoms with van der Waals surface area (Å²) in [6.07, 6.45) is 2.54. The van der Waals surface area contributed by atoms with Crippen LogP contribution in [0.5, 0.6) is 5.75 Å². The van der Waals surface area contributed by atoms with Crippen LogP contribution in [-0.2, 0) is 6.61 Å². The Morgan fingerprint density at radius 2 is 1.86 bits per heavy atom. The molecule has 0 aromatic heterocycles. The van der Waals surface area contributed by atoms with Crippen LogP contribution < -0.4 is 21.3 Å². The van der Waals surface area contributed by atoms with Crippen molar-refractivity contribution in [3.8, 4) is 5.75 Å². The normalized spacial score (nSPS) is 14.0. The van der Waals surface area contributed by atoms with Crippen molar-refractivity contribution >= 4 is 11.4 Å². The Morgan fingerprint density at radius 1 is 1.10 bits per heavy atom. The monoisotopic (exact) mass is 283 g/mol. The fourth-order valence-corrected chi connectivity index (χ4v) is 2.30. The van der Waals surface area contributed by atoms with E-state index < -0.39 is 0 Å². The van der Waals surface area contributed by atoms with E-state index in [4.69, 9.17) is 16.3 Å². The Labute approximate surface area is 125 Å². The molecular formula is C17H21N3O. The van der Waals surface area contributed by atoms with E-state index in [9.17, 15) is 0 Å². The van der Waals surface area contributed by atoms with Crippen molar-refractivity contribution in [1.29, 1.82) is 0 Å². The fraction of sp³-hybridized carbons (Fsp3) is 0.294. The average molecular weight is 283 g/mol. The molecule has 110 valence electrons. The molecule has 0 unspecified atom stereocenters. The molecule has 0 aliphatic heterocycles. The summed E-state index contributed by atoms with van der Waals surface area (Å²) in [4.78, 5) is 0. The molecule has 1 fully saturated rings. The van der Waals surface area contributed by atoms with Crippen molar-refractivity contribution in [2.24, 2.45) is 11.8 Å². The van der Waals surface area contributed by atoms with Gasteiger partial charge in [-0.15, -0.1) is 0 Å². The van der Waals surface area contributed by atoms with Crippen molar-refractivity contribution in [2.75, 3.05) is 17.3 Å². The number of hydrazine groups is 1. The van der Waals surface area contributed by atoms with Crippen LogP contribution in [0.1, 0.15) is 18.4 Å². The minimum atomic E-state index is 0.536. The second kappa shape index (κ2) is 6.06. The maximum atomic E-state index is 6.09. The molecule has 0 bridgehead atoms. The summed E-state index contributed by atoms with van der Waals surface area (Å²) in [7, 11) is 0. The Kier molecular flexibility index (Phi) is 3.97. The van der Waals surface area contributed by atoms with Gasteiger partial charge in [0.15, 0.2) is 0 Å². The van der Waals surface area contributed by atoms with Gasteiger partial charge in [-0.2, -0.15) is 0 Å². The highest BCUT2D eigenvalue weighted by Gasteiger charge is 2.24. The van der Waals surface area contributed by atoms with Crippen LogP contribution in [-0.4, -0.2) is 6.54 Å². The molecule has 0 spiro atoms. The molecule has 1 saturated carbocycles. The van der Waals surface area contributed by atoms with Gasteiger partial charge in [0.1, 0.15) is 12.4 Å². The number of rotatable bonds is 6. The van der Waals surface area contributed by atoms with Crippen molar-refractivity contribution in [1.82, 2.24) is 0 Å². The molecular weight excluding hydrogens is 262 g/mol. The summed E-state index contributed by atoms with van der Waals surface area (Å²) < 4.78 is 5.76. The summed E-state index contributed by atoms with van der Waals surface area (Å²) in [6, 6.07) is 15.8. The van der Waals surface area contributed by atoms with Crippen molar-refractivity contribution in [3.05, 3.63) is 54.1 Å². The highest BCUT2D eigenvalue weighted by Crippen LogP contribution is 2.33. The standard InChI is InChI=1S/C17H21N3O/c18-16-10-15(21-12-14-4-2-1-3-5-14)8-9-17(16)20(19)11-13-6-7-13/h1-5,8-10,13H,6-7,11-12,18-19H2. The lowest BCUT2D eigenvalue weighted by atomic mass is 10.2. The van der Waals surface area contributed by atoms with Crippen molar-refractivity contribution < 1.29 is 4.74 Å². The van der Waals surface area contributed by atoms with Crippen LogP contribution in [0.15, 0.2) is 48.5 Å². The number of nitrogens with zero attached hydrogens (tertiary/aromatic N) is 1. The van der Waals surface area contributed by atoms with Gasteiger partial charge in [-0.05, 0) is 36.5 Å². The van der Waals surface area contributed by atoms with E-state index in [1.54, 1.807) is 5.01 Å². The number of hydrogen-bond acceptors (Lipinski definition) is 4. The van der Waals surface area contributed by atoms with Crippen LogP contribution in [0, 0.1) is 5.92 Å². The van der Waals surface area contributed by atoms with Crippen molar-refractivity contribution in [2.45, 2.75) is 19.4 Å². The Hall–Kier alpha value is -2.20. The van der Waals surface area contributed by atoms with Crippen LogP contribution in [0.4, 0.5) is 11.4 Å². The number of benzene rings is 2. The molecule has 2 aromatic carbocycles. The van der Waals surface area contributed by atoms with Gasteiger partial charge < -0.3 is 15.5 Å². The molecule has 0 saturated heterocycles. The van der Waals surface area contributed by atoms with Gasteiger partial charge in [0.25, 0.3) is 0 Å². The lowest BCUT2D eigenvalue weighted by Crippen LogP contribution is -2.33. The lowest BCUT2D eigenvalue weighted by molar-refractivity contribution is 0.306. The van der Waals surface area contributed by atoms with Crippen LogP contribution in [0.2, 0.25) is 0 Å². The number of nitrogens with two attached hydrogens (primary N) is 2. The maximum absolute atomic E-state index is 6.09. The van der Waals surface area contributed by atoms with E-state index in [1.165, 1.54) is 12.8 Å². The van der Waals surface area contributed by atoms with E-state index >= 15 is 0 Å². The third kappa shape index (κ3) is 3.67. The van der Waals surface area contributed by atoms with Gasteiger partial charge in [0, 0.05) is 12.6 Å². The second-order valence-corrected chi connectivity index (χ2v) is 5.59. The molecule has 4 heteroatoms. The molecule has 0 atom stereocenters. The molecule has 2 aromatic rings. The van der Waals surface area contributed by atoms with Crippen LogP contribution in [0.3, 0.4) is 0 Å². The molecule has 4 nitrogen and oxygen atoms in total. The maximum Gasteiger partial charge on any atom is 0.122 e. The number of nitrogen functional groups attached to an aromatic ring is 1. The van der Waals surface area contributed by atoms with Gasteiger partial charge >= 0.3 is 0 Å². The highest BCUT2D eigenvalue weighted by molar-refractivity contribution is 5.68. The smallest absolute Gasteiger partial charge is 0.122 e. The van der Waals surface area contributed by atoms with E-state index in [1.807, 2.05) is 48.5 Å². The Bertz CT molecular complexity index is 596. The quantitative estimate of drug-likeness (QED) is 0.486. The van der Waals surface area contributed by atoms with Gasteiger partial charge in [0.2, 0.25) is 0 Å². The molecule has 0 radical (unpaired) electrons. The molecule has 0 amide bonds. The zero-order valence-corrected chi connectivity index (χ0v) is 12.0. The first-order valence-corrected chi connectivity index (χ1v) is 7.31. The lowest BCUT2D eigenvalue weighted by Gasteiger charge is -2.20. The van der Waals surface area contributed by atoms with Gasteiger partial charge in [-0.25, -0.2) is 5.84 Å². The van der Waals surface area contributed by atoms with E-state index in [2.05, 4.69) is 0 Å². The highest BCUT2D eigenvalue weighted by atomic mass is 16.5. The molecule has 1 aliphatic rings. The van der Waals surface area contributed by atoms with E-state index in [0.29, 0.717) is 12.3 Å². The first-order chi connectivity index (χ1) is 10.2. The predicted molar refractivity (Wildman–Crippen MR) is 85.9 cm³/mol. The number of hydrogen-bond donors (Lipinski definition) is 2. The van der Waals surface area contributed by atoms with Gasteiger partial charge in [-0.3, -0.25) is 0 Å². The molecule has 4 N–H and O–H groups in total. The van der Waals surface area contributed by atoms with Gasteiger partial charge in [-0.1, -0.05) is 30.3 Å². The van der Waals surface area contributed by atoms with Crippen LogP contribution in [0.25, 0.3) is 0 Å². The summed E-state index contributed by atoms with van der Waals surface area (Å²) in [5.41, 5.74) is 8.74. The first-order valence-electron chi connectivity index (χ1n) is 7.31. The summed E-state index contributed by atoms with van der Waals surface area (Å²) in [6.45, 7) is 1.41. The Morgan fingerprint density at radius 3 is 2.52 bits per heavy atom. The summed E-state index contributed by atoms with van der Waals surface area (Å²) >= 11 is 0. The van der Waals surface area contributed by atoms with E-state index in [-0.39, 0.29) is 0 Å². The largest absolute Gasteiger partial charge is 0.489 e. The molecule has 1 aliphatic carbocycles. The molecule has 3 rings (SSSR count). The van der Waals surface area contributed by atoms with E-state index in [0.717, 1.165) is 29.5 Å². The SMILES string of the molecule is Nc1cc(OCc2ccccc2)ccc1N(N)CC1CC1. The number of anilines is 2. The predicted octanol–water partition coefficient (Wildman–Crippen LogP) is 2.94. The van der Waals surface area contributed by atoms with Crippen molar-refractivity contribution in [3.63, 3.8) is 0 Å². The third-order valence-corrected chi connectivity index (χ3v) is 3.71. The minimum Gasteiger partial charge on any atom is -0.489 e. The van der Waals surface area contributed by atoms with Gasteiger partial charge in [0.05, 0.1) is 11.4 Å². The number of ether oxygens (including phenoxy) is 1. The fourth-order valence-electron chi connectivity index (χ4n) is 2.30. The molecule has 21 heavy (non-hydrogen) atoms. The second-order valence-electron chi connectivity index (χ2n) is 5.59. The summed E-state index contributed by atoms with van der Waals surface area (Å²) in [5, 5.41) is 1.74. The minimum absolute atomic E-state index is 0.536. The van der Waals surface area contributed by atoms with Crippen LogP contribution >= 0.6 is 0 Å². The summed E-state index contributed by atoms with van der Waals surface area (Å²) in [5.74, 6) is 7.55. The third-order valence-electron chi connectivity index (χ3n) is 3.71. The first kappa shape index (κ1) is 13.8. The molecule has 0 heterocycles. The average Bonchev–Trinajstić information content (AvgIpc) is 3.30. The Balaban J connectivity index is 1.63. The zero-order chi connectivity index (χ0) is 14.7.